The molecule has 2 fully saturated rings. The predicted molar refractivity (Wildman–Crippen MR) is 58.0 cm³/mol. The Morgan fingerprint density at radius 2 is 1.86 bits per heavy atom. The van der Waals surface area contributed by atoms with Gasteiger partial charge in [0.2, 0.25) is 0 Å². The van der Waals surface area contributed by atoms with Gasteiger partial charge in [0.1, 0.15) is 0 Å². The van der Waals surface area contributed by atoms with Crippen molar-refractivity contribution in [3.8, 4) is 0 Å². The summed E-state index contributed by atoms with van der Waals surface area (Å²) in [7, 11) is 0. The van der Waals surface area contributed by atoms with Gasteiger partial charge in [0.15, 0.2) is 0 Å². The van der Waals surface area contributed by atoms with Crippen molar-refractivity contribution in [2.45, 2.75) is 26.7 Å². The van der Waals surface area contributed by atoms with E-state index in [1.54, 1.807) is 0 Å². The molecule has 0 saturated carbocycles. The second-order valence-corrected chi connectivity index (χ2v) is 5.11. The first-order valence-electron chi connectivity index (χ1n) is 5.64. The molecule has 2 aliphatic rings. The van der Waals surface area contributed by atoms with Crippen molar-refractivity contribution in [3.63, 3.8) is 0 Å². The SMILES string of the molecule is C=C(C(C)C)N1CC2(CCOCC2)C1. The van der Waals surface area contributed by atoms with E-state index in [4.69, 9.17) is 4.74 Å². The van der Waals surface area contributed by atoms with Crippen molar-refractivity contribution < 1.29 is 4.74 Å². The minimum atomic E-state index is 0.579. The smallest absolute Gasteiger partial charge is 0.0472 e. The first kappa shape index (κ1) is 10.0. The fraction of sp³-hybridized carbons (Fsp3) is 0.833. The molecule has 0 unspecified atom stereocenters. The van der Waals surface area contributed by atoms with Crippen LogP contribution >= 0.6 is 0 Å². The number of ether oxygens (including phenoxy) is 1. The zero-order valence-electron chi connectivity index (χ0n) is 9.38. The van der Waals surface area contributed by atoms with Gasteiger partial charge in [0.05, 0.1) is 0 Å². The Labute approximate surface area is 86.9 Å². The van der Waals surface area contributed by atoms with Crippen molar-refractivity contribution >= 4 is 0 Å². The molecule has 2 heteroatoms. The van der Waals surface area contributed by atoms with E-state index in [1.165, 1.54) is 31.6 Å². The van der Waals surface area contributed by atoms with Crippen LogP contribution in [-0.2, 0) is 4.74 Å². The fourth-order valence-corrected chi connectivity index (χ4v) is 2.45. The van der Waals surface area contributed by atoms with E-state index >= 15 is 0 Å². The third-order valence-electron chi connectivity index (χ3n) is 3.68. The molecule has 0 aliphatic carbocycles. The normalized spacial score (nSPS) is 25.2. The van der Waals surface area contributed by atoms with Crippen LogP contribution in [0.1, 0.15) is 26.7 Å². The average molecular weight is 195 g/mol. The Balaban J connectivity index is 1.85. The van der Waals surface area contributed by atoms with Crippen molar-refractivity contribution in [1.29, 1.82) is 0 Å². The molecule has 0 aromatic rings. The molecule has 2 nitrogen and oxygen atoms in total. The van der Waals surface area contributed by atoms with E-state index in [1.807, 2.05) is 0 Å². The third-order valence-corrected chi connectivity index (χ3v) is 3.68. The van der Waals surface area contributed by atoms with Gasteiger partial charge in [-0.05, 0) is 18.8 Å². The lowest BCUT2D eigenvalue weighted by Crippen LogP contribution is -2.58. The number of hydrogen-bond acceptors (Lipinski definition) is 2. The lowest BCUT2D eigenvalue weighted by Gasteiger charge is -2.54. The highest BCUT2D eigenvalue weighted by atomic mass is 16.5. The van der Waals surface area contributed by atoms with E-state index in [2.05, 4.69) is 25.3 Å². The molecule has 2 heterocycles. The Hall–Kier alpha value is -0.500. The molecule has 0 N–H and O–H groups in total. The molecule has 0 amide bonds. The van der Waals surface area contributed by atoms with Crippen LogP contribution in [0.15, 0.2) is 12.3 Å². The van der Waals surface area contributed by atoms with Crippen LogP contribution in [0.4, 0.5) is 0 Å². The van der Waals surface area contributed by atoms with Crippen LogP contribution in [0.5, 0.6) is 0 Å². The van der Waals surface area contributed by atoms with Gasteiger partial charge in [0, 0.05) is 37.4 Å². The summed E-state index contributed by atoms with van der Waals surface area (Å²) >= 11 is 0. The van der Waals surface area contributed by atoms with E-state index < -0.39 is 0 Å². The monoisotopic (exact) mass is 195 g/mol. The summed E-state index contributed by atoms with van der Waals surface area (Å²) in [4.78, 5) is 2.44. The van der Waals surface area contributed by atoms with Crippen LogP contribution < -0.4 is 0 Å². The molecular formula is C12H21NO. The molecule has 0 bridgehead atoms. The van der Waals surface area contributed by atoms with Crippen LogP contribution in [0.25, 0.3) is 0 Å². The van der Waals surface area contributed by atoms with Crippen molar-refractivity contribution in [2.24, 2.45) is 11.3 Å². The summed E-state index contributed by atoms with van der Waals surface area (Å²) in [5, 5.41) is 0. The van der Waals surface area contributed by atoms with Crippen molar-refractivity contribution in [3.05, 3.63) is 12.3 Å². The molecular weight excluding hydrogens is 174 g/mol. The minimum absolute atomic E-state index is 0.579. The quantitative estimate of drug-likeness (QED) is 0.670. The third kappa shape index (κ3) is 1.68. The number of likely N-dealkylation sites (tertiary alicyclic amines) is 1. The number of nitrogens with zero attached hydrogens (tertiary/aromatic N) is 1. The zero-order valence-corrected chi connectivity index (χ0v) is 9.38. The fourth-order valence-electron chi connectivity index (χ4n) is 2.45. The van der Waals surface area contributed by atoms with Crippen LogP contribution in [-0.4, -0.2) is 31.2 Å². The van der Waals surface area contributed by atoms with Gasteiger partial charge in [-0.3, -0.25) is 0 Å². The predicted octanol–water partition coefficient (Wildman–Crippen LogP) is 2.27. The molecule has 2 aliphatic heterocycles. The van der Waals surface area contributed by atoms with Crippen LogP contribution in [0.3, 0.4) is 0 Å². The van der Waals surface area contributed by atoms with Gasteiger partial charge in [-0.25, -0.2) is 0 Å². The summed E-state index contributed by atoms with van der Waals surface area (Å²) in [6.07, 6.45) is 2.49. The van der Waals surface area contributed by atoms with Gasteiger partial charge in [0.25, 0.3) is 0 Å². The number of rotatable bonds is 2. The molecule has 0 aromatic heterocycles. The summed E-state index contributed by atoms with van der Waals surface area (Å²) in [6.45, 7) is 12.9. The van der Waals surface area contributed by atoms with Crippen LogP contribution in [0, 0.1) is 11.3 Å². The van der Waals surface area contributed by atoms with Crippen molar-refractivity contribution in [2.75, 3.05) is 26.3 Å². The summed E-state index contributed by atoms with van der Waals surface area (Å²) < 4.78 is 5.40. The van der Waals surface area contributed by atoms with E-state index in [-0.39, 0.29) is 0 Å². The van der Waals surface area contributed by atoms with E-state index in [0.717, 1.165) is 13.2 Å². The second kappa shape index (κ2) is 3.58. The minimum Gasteiger partial charge on any atom is -0.381 e. The Kier molecular flexibility index (Phi) is 2.56. The zero-order chi connectivity index (χ0) is 10.2. The lowest BCUT2D eigenvalue weighted by molar-refractivity contribution is -0.0690. The summed E-state index contributed by atoms with van der Waals surface area (Å²) in [5.74, 6) is 0.590. The van der Waals surface area contributed by atoms with Crippen LogP contribution in [0.2, 0.25) is 0 Å². The van der Waals surface area contributed by atoms with E-state index in [0.29, 0.717) is 11.3 Å². The van der Waals surface area contributed by atoms with E-state index in [9.17, 15) is 0 Å². The number of allylic oxidation sites excluding steroid dienone is 1. The second-order valence-electron chi connectivity index (χ2n) is 5.11. The highest BCUT2D eigenvalue weighted by molar-refractivity contribution is 5.08. The van der Waals surface area contributed by atoms with Gasteiger partial charge in [-0.2, -0.15) is 0 Å². The van der Waals surface area contributed by atoms with Gasteiger partial charge >= 0.3 is 0 Å². The molecule has 14 heavy (non-hydrogen) atoms. The maximum atomic E-state index is 5.40. The highest BCUT2D eigenvalue weighted by Gasteiger charge is 2.44. The Morgan fingerprint density at radius 1 is 1.29 bits per heavy atom. The molecule has 0 aromatic carbocycles. The molecule has 2 saturated heterocycles. The molecule has 2 rings (SSSR count). The molecule has 1 spiro atoms. The van der Waals surface area contributed by atoms with Crippen molar-refractivity contribution in [1.82, 2.24) is 4.90 Å². The maximum absolute atomic E-state index is 5.40. The topological polar surface area (TPSA) is 12.5 Å². The lowest BCUT2D eigenvalue weighted by atomic mass is 9.73. The first-order chi connectivity index (χ1) is 6.63. The molecule has 0 radical (unpaired) electrons. The maximum Gasteiger partial charge on any atom is 0.0472 e. The Bertz CT molecular complexity index is 220. The molecule has 80 valence electrons. The standard InChI is InChI=1S/C12H21NO/c1-10(2)11(3)13-8-12(9-13)4-6-14-7-5-12/h10H,3-9H2,1-2H3. The Morgan fingerprint density at radius 3 is 2.36 bits per heavy atom. The first-order valence-corrected chi connectivity index (χ1v) is 5.64. The van der Waals surface area contributed by atoms with Gasteiger partial charge < -0.3 is 9.64 Å². The van der Waals surface area contributed by atoms with Gasteiger partial charge in [-0.15, -0.1) is 0 Å². The largest absolute Gasteiger partial charge is 0.381 e. The number of hydrogen-bond donors (Lipinski definition) is 0. The summed E-state index contributed by atoms with van der Waals surface area (Å²) in [5.41, 5.74) is 1.89. The molecule has 0 atom stereocenters. The summed E-state index contributed by atoms with van der Waals surface area (Å²) in [6, 6.07) is 0. The van der Waals surface area contributed by atoms with Gasteiger partial charge in [-0.1, -0.05) is 20.4 Å². The average Bonchev–Trinajstić information content (AvgIpc) is 2.14. The highest BCUT2D eigenvalue weighted by Crippen LogP contribution is 2.42.